The second-order valence-corrected chi connectivity index (χ2v) is 4.21. The van der Waals surface area contributed by atoms with Crippen molar-refractivity contribution in [3.05, 3.63) is 54.1 Å². The van der Waals surface area contributed by atoms with Gasteiger partial charge in [-0.15, -0.1) is 12.4 Å². The molecule has 0 radical (unpaired) electrons. The number of carbonyl (C=O) groups is 1. The third-order valence-corrected chi connectivity index (χ3v) is 2.85. The van der Waals surface area contributed by atoms with Gasteiger partial charge in [0, 0.05) is 19.2 Å². The van der Waals surface area contributed by atoms with Gasteiger partial charge in [0.2, 0.25) is 0 Å². The molecule has 1 atom stereocenters. The molecule has 0 bridgehead atoms. The Labute approximate surface area is 124 Å². The molecule has 6 heteroatoms. The number of halogens is 1. The number of imidazole rings is 1. The second kappa shape index (κ2) is 8.35. The van der Waals surface area contributed by atoms with E-state index in [1.54, 1.807) is 12.5 Å². The minimum absolute atomic E-state index is 0. The average molecular weight is 296 g/mol. The predicted molar refractivity (Wildman–Crippen MR) is 78.6 cm³/mol. The van der Waals surface area contributed by atoms with Gasteiger partial charge in [-0.05, 0) is 5.56 Å². The highest BCUT2D eigenvalue weighted by Gasteiger charge is 2.19. The van der Waals surface area contributed by atoms with Crippen LogP contribution in [0.4, 0.5) is 0 Å². The first-order valence-corrected chi connectivity index (χ1v) is 6.12. The summed E-state index contributed by atoms with van der Waals surface area (Å²) in [5.41, 5.74) is 1.95. The quantitative estimate of drug-likeness (QED) is 0.796. The third-order valence-electron chi connectivity index (χ3n) is 2.85. The Morgan fingerprint density at radius 3 is 2.75 bits per heavy atom. The molecule has 0 saturated heterocycles. The van der Waals surface area contributed by atoms with E-state index < -0.39 is 6.04 Å². The van der Waals surface area contributed by atoms with Gasteiger partial charge in [-0.2, -0.15) is 0 Å². The fourth-order valence-corrected chi connectivity index (χ4v) is 1.83. The molecule has 5 nitrogen and oxygen atoms in total. The number of benzene rings is 1. The highest BCUT2D eigenvalue weighted by atomic mass is 35.5. The molecule has 0 amide bonds. The maximum Gasteiger partial charge on any atom is 0.323 e. The standard InChI is InChI=1S/C14H17N3O2.ClH/c1-19-14(18)13(7-12-9-15-10-17-12)16-8-11-5-3-2-4-6-11;/h2-6,9-10,13,16H,7-8H2,1H3,(H,15,17);1H. The lowest BCUT2D eigenvalue weighted by atomic mass is 10.1. The monoisotopic (exact) mass is 295 g/mol. The van der Waals surface area contributed by atoms with Crippen LogP contribution in [0.2, 0.25) is 0 Å². The number of hydrogen-bond acceptors (Lipinski definition) is 4. The van der Waals surface area contributed by atoms with Crippen molar-refractivity contribution in [2.45, 2.75) is 19.0 Å². The summed E-state index contributed by atoms with van der Waals surface area (Å²) in [5.74, 6) is -0.279. The van der Waals surface area contributed by atoms with Crippen LogP contribution < -0.4 is 5.32 Å². The van der Waals surface area contributed by atoms with Crippen molar-refractivity contribution in [3.8, 4) is 0 Å². The van der Waals surface area contributed by atoms with E-state index in [9.17, 15) is 4.79 Å². The number of nitrogens with zero attached hydrogens (tertiary/aromatic N) is 1. The molecular weight excluding hydrogens is 278 g/mol. The largest absolute Gasteiger partial charge is 0.468 e. The summed E-state index contributed by atoms with van der Waals surface area (Å²) in [4.78, 5) is 18.7. The van der Waals surface area contributed by atoms with E-state index in [0.29, 0.717) is 13.0 Å². The first kappa shape index (κ1) is 16.2. The summed E-state index contributed by atoms with van der Waals surface area (Å²) in [6.45, 7) is 0.616. The fraction of sp³-hybridized carbons (Fsp3) is 0.286. The van der Waals surface area contributed by atoms with Gasteiger partial charge >= 0.3 is 5.97 Å². The van der Waals surface area contributed by atoms with Crippen LogP contribution in [0.5, 0.6) is 0 Å². The normalized spacial score (nSPS) is 11.4. The summed E-state index contributed by atoms with van der Waals surface area (Å²) in [6.07, 6.45) is 3.88. The zero-order valence-corrected chi connectivity index (χ0v) is 12.0. The maximum absolute atomic E-state index is 11.7. The molecule has 0 saturated carbocycles. The van der Waals surface area contributed by atoms with Crippen molar-refractivity contribution in [2.24, 2.45) is 0 Å². The topological polar surface area (TPSA) is 67.0 Å². The van der Waals surface area contributed by atoms with Gasteiger partial charge in [-0.3, -0.25) is 10.1 Å². The highest BCUT2D eigenvalue weighted by Crippen LogP contribution is 2.03. The molecule has 1 heterocycles. The molecule has 0 aliphatic heterocycles. The SMILES string of the molecule is COC(=O)C(Cc1c[nH]cn1)NCc1ccccc1.Cl. The molecule has 1 unspecified atom stereocenters. The molecule has 0 aliphatic carbocycles. The number of aromatic amines is 1. The van der Waals surface area contributed by atoms with E-state index in [0.717, 1.165) is 11.3 Å². The number of ether oxygens (including phenoxy) is 1. The van der Waals surface area contributed by atoms with Crippen LogP contribution in [0.15, 0.2) is 42.9 Å². The van der Waals surface area contributed by atoms with Crippen LogP contribution in [0.1, 0.15) is 11.3 Å². The molecule has 2 N–H and O–H groups in total. The van der Waals surface area contributed by atoms with Crippen molar-refractivity contribution in [3.63, 3.8) is 0 Å². The van der Waals surface area contributed by atoms with Crippen molar-refractivity contribution in [2.75, 3.05) is 7.11 Å². The molecule has 1 aromatic carbocycles. The molecule has 0 fully saturated rings. The molecule has 20 heavy (non-hydrogen) atoms. The van der Waals surface area contributed by atoms with Gasteiger partial charge in [0.15, 0.2) is 0 Å². The van der Waals surface area contributed by atoms with Gasteiger partial charge in [-0.25, -0.2) is 4.98 Å². The van der Waals surface area contributed by atoms with Gasteiger partial charge in [-0.1, -0.05) is 30.3 Å². The molecule has 108 valence electrons. The number of methoxy groups -OCH3 is 1. The van der Waals surface area contributed by atoms with Crippen molar-refractivity contribution in [1.29, 1.82) is 0 Å². The van der Waals surface area contributed by atoms with E-state index in [4.69, 9.17) is 4.74 Å². The highest BCUT2D eigenvalue weighted by molar-refractivity contribution is 5.85. The molecule has 2 rings (SSSR count). The lowest BCUT2D eigenvalue weighted by molar-refractivity contribution is -0.143. The van der Waals surface area contributed by atoms with E-state index in [-0.39, 0.29) is 18.4 Å². The van der Waals surface area contributed by atoms with E-state index in [2.05, 4.69) is 15.3 Å². The maximum atomic E-state index is 11.7. The number of carbonyl (C=O) groups excluding carboxylic acids is 1. The Morgan fingerprint density at radius 1 is 1.40 bits per heavy atom. The van der Waals surface area contributed by atoms with Gasteiger partial charge in [0.1, 0.15) is 6.04 Å². The summed E-state index contributed by atoms with van der Waals surface area (Å²) in [7, 11) is 1.39. The summed E-state index contributed by atoms with van der Waals surface area (Å²) < 4.78 is 4.81. The summed E-state index contributed by atoms with van der Waals surface area (Å²) in [6, 6.07) is 9.53. The Bertz CT molecular complexity index is 502. The Morgan fingerprint density at radius 2 is 2.15 bits per heavy atom. The van der Waals surface area contributed by atoms with E-state index in [1.165, 1.54) is 7.11 Å². The van der Waals surface area contributed by atoms with Crippen LogP contribution in [0, 0.1) is 0 Å². The Hall–Kier alpha value is -1.85. The van der Waals surface area contributed by atoms with Crippen molar-refractivity contribution in [1.82, 2.24) is 15.3 Å². The van der Waals surface area contributed by atoms with Crippen LogP contribution in [-0.2, 0) is 22.5 Å². The van der Waals surface area contributed by atoms with Gasteiger partial charge < -0.3 is 9.72 Å². The molecule has 0 spiro atoms. The first-order chi connectivity index (χ1) is 9.29. The number of H-pyrrole nitrogens is 1. The second-order valence-electron chi connectivity index (χ2n) is 4.21. The number of aromatic nitrogens is 2. The lowest BCUT2D eigenvalue weighted by Gasteiger charge is -2.15. The Kier molecular flexibility index (Phi) is 6.76. The van der Waals surface area contributed by atoms with Gasteiger partial charge in [0.05, 0.1) is 19.1 Å². The van der Waals surface area contributed by atoms with Crippen LogP contribution >= 0.6 is 12.4 Å². The lowest BCUT2D eigenvalue weighted by Crippen LogP contribution is -2.39. The van der Waals surface area contributed by atoms with Crippen molar-refractivity contribution >= 4 is 18.4 Å². The van der Waals surface area contributed by atoms with E-state index in [1.807, 2.05) is 30.3 Å². The molecule has 1 aromatic heterocycles. The fourth-order valence-electron chi connectivity index (χ4n) is 1.83. The average Bonchev–Trinajstić information content (AvgIpc) is 2.96. The third kappa shape index (κ3) is 4.68. The number of hydrogen-bond donors (Lipinski definition) is 2. The number of esters is 1. The van der Waals surface area contributed by atoms with Crippen LogP contribution in [0.3, 0.4) is 0 Å². The molecule has 2 aromatic rings. The minimum atomic E-state index is -0.395. The van der Waals surface area contributed by atoms with E-state index >= 15 is 0 Å². The smallest absolute Gasteiger partial charge is 0.323 e. The number of rotatable bonds is 6. The zero-order valence-electron chi connectivity index (χ0n) is 11.2. The number of nitrogens with one attached hydrogen (secondary N) is 2. The molecular formula is C14H18ClN3O2. The van der Waals surface area contributed by atoms with Crippen LogP contribution in [-0.4, -0.2) is 29.1 Å². The molecule has 0 aliphatic rings. The zero-order chi connectivity index (χ0) is 13.5. The predicted octanol–water partition coefficient (Wildman–Crippen LogP) is 1.71. The van der Waals surface area contributed by atoms with Gasteiger partial charge in [0.25, 0.3) is 0 Å². The van der Waals surface area contributed by atoms with Crippen LogP contribution in [0.25, 0.3) is 0 Å². The Balaban J connectivity index is 0.00000200. The summed E-state index contributed by atoms with van der Waals surface area (Å²) in [5, 5.41) is 3.20. The first-order valence-electron chi connectivity index (χ1n) is 6.12. The summed E-state index contributed by atoms with van der Waals surface area (Å²) >= 11 is 0. The minimum Gasteiger partial charge on any atom is -0.468 e. The van der Waals surface area contributed by atoms with Crippen molar-refractivity contribution < 1.29 is 9.53 Å².